The molecule has 15 heavy (non-hydrogen) atoms. The second kappa shape index (κ2) is 4.38. The molecule has 1 N–H and O–H groups in total. The van der Waals surface area contributed by atoms with Gasteiger partial charge in [0.05, 0.1) is 5.92 Å². The SMILES string of the molecule is C=C1CC[C@@H](C(=O)O)C(C2CCCC2)C1. The fourth-order valence-corrected chi connectivity index (χ4v) is 3.34. The third kappa shape index (κ3) is 2.24. The zero-order chi connectivity index (χ0) is 10.8. The van der Waals surface area contributed by atoms with Gasteiger partial charge in [-0.1, -0.05) is 37.8 Å². The molecule has 1 unspecified atom stereocenters. The van der Waals surface area contributed by atoms with Crippen LogP contribution in [0.1, 0.15) is 44.9 Å². The minimum atomic E-state index is -0.584. The molecule has 0 aromatic heterocycles. The Morgan fingerprint density at radius 2 is 1.93 bits per heavy atom. The van der Waals surface area contributed by atoms with Crippen molar-refractivity contribution >= 4 is 5.97 Å². The summed E-state index contributed by atoms with van der Waals surface area (Å²) in [7, 11) is 0. The summed E-state index contributed by atoms with van der Waals surface area (Å²) in [6.07, 6.45) is 7.75. The molecule has 0 aromatic rings. The largest absolute Gasteiger partial charge is 0.481 e. The topological polar surface area (TPSA) is 37.3 Å². The Hall–Kier alpha value is -0.790. The van der Waals surface area contributed by atoms with Gasteiger partial charge >= 0.3 is 5.97 Å². The van der Waals surface area contributed by atoms with Crippen LogP contribution in [0.2, 0.25) is 0 Å². The molecule has 0 bridgehead atoms. The van der Waals surface area contributed by atoms with Crippen molar-refractivity contribution in [2.75, 3.05) is 0 Å². The Morgan fingerprint density at radius 3 is 2.53 bits per heavy atom. The van der Waals surface area contributed by atoms with Gasteiger partial charge in [-0.2, -0.15) is 0 Å². The molecule has 0 heterocycles. The highest BCUT2D eigenvalue weighted by Crippen LogP contribution is 2.43. The molecule has 0 aromatic carbocycles. The van der Waals surface area contributed by atoms with E-state index >= 15 is 0 Å². The number of carboxylic acid groups (broad SMARTS) is 1. The lowest BCUT2D eigenvalue weighted by Gasteiger charge is -2.34. The van der Waals surface area contributed by atoms with Gasteiger partial charge in [-0.25, -0.2) is 0 Å². The minimum absolute atomic E-state index is 0.0985. The predicted octanol–water partition coefficient (Wildman–Crippen LogP) is 3.23. The molecule has 0 spiro atoms. The Morgan fingerprint density at radius 1 is 1.27 bits per heavy atom. The molecule has 0 radical (unpaired) electrons. The van der Waals surface area contributed by atoms with Gasteiger partial charge in [0.15, 0.2) is 0 Å². The average Bonchev–Trinajstić information content (AvgIpc) is 2.69. The average molecular weight is 208 g/mol. The number of carbonyl (C=O) groups is 1. The van der Waals surface area contributed by atoms with Crippen molar-refractivity contribution in [2.45, 2.75) is 44.9 Å². The Bertz CT molecular complexity index is 264. The molecule has 2 aliphatic carbocycles. The maximum Gasteiger partial charge on any atom is 0.306 e. The molecule has 2 atom stereocenters. The molecule has 2 heteroatoms. The van der Waals surface area contributed by atoms with Crippen LogP contribution in [0.3, 0.4) is 0 Å². The zero-order valence-corrected chi connectivity index (χ0v) is 9.24. The summed E-state index contributed by atoms with van der Waals surface area (Å²) < 4.78 is 0. The number of aliphatic carboxylic acids is 1. The van der Waals surface area contributed by atoms with Crippen LogP contribution < -0.4 is 0 Å². The first-order valence-electron chi connectivity index (χ1n) is 6.08. The molecule has 2 saturated carbocycles. The van der Waals surface area contributed by atoms with Crippen LogP contribution in [0.5, 0.6) is 0 Å². The van der Waals surface area contributed by atoms with E-state index < -0.39 is 5.97 Å². The quantitative estimate of drug-likeness (QED) is 0.707. The van der Waals surface area contributed by atoms with Gasteiger partial charge in [-0.15, -0.1) is 0 Å². The minimum Gasteiger partial charge on any atom is -0.481 e. The van der Waals surface area contributed by atoms with Crippen molar-refractivity contribution in [2.24, 2.45) is 17.8 Å². The molecule has 2 aliphatic rings. The molecule has 2 rings (SSSR count). The van der Waals surface area contributed by atoms with Gasteiger partial charge in [0.1, 0.15) is 0 Å². The van der Waals surface area contributed by atoms with Crippen molar-refractivity contribution < 1.29 is 9.90 Å². The molecule has 2 nitrogen and oxygen atoms in total. The number of carboxylic acids is 1. The summed E-state index contributed by atoms with van der Waals surface area (Å²) in [6, 6.07) is 0. The molecule has 84 valence electrons. The third-order valence-electron chi connectivity index (χ3n) is 4.17. The molecular formula is C13H20O2. The zero-order valence-electron chi connectivity index (χ0n) is 9.24. The van der Waals surface area contributed by atoms with Gasteiger partial charge in [0.25, 0.3) is 0 Å². The van der Waals surface area contributed by atoms with Gasteiger partial charge in [0, 0.05) is 0 Å². The molecule has 0 amide bonds. The van der Waals surface area contributed by atoms with Crippen LogP contribution in [0.4, 0.5) is 0 Å². The Kier molecular flexibility index (Phi) is 3.13. The Labute approximate surface area is 91.4 Å². The first-order valence-corrected chi connectivity index (χ1v) is 6.08. The van der Waals surface area contributed by atoms with Crippen LogP contribution in [-0.2, 0) is 4.79 Å². The first kappa shape index (κ1) is 10.7. The van der Waals surface area contributed by atoms with E-state index in [0.717, 1.165) is 19.3 Å². The summed E-state index contributed by atoms with van der Waals surface area (Å²) in [4.78, 5) is 11.2. The normalized spacial score (nSPS) is 33.2. The van der Waals surface area contributed by atoms with Crippen molar-refractivity contribution in [1.29, 1.82) is 0 Å². The first-order chi connectivity index (χ1) is 7.18. The van der Waals surface area contributed by atoms with Crippen LogP contribution in [-0.4, -0.2) is 11.1 Å². The van der Waals surface area contributed by atoms with Gasteiger partial charge < -0.3 is 5.11 Å². The highest BCUT2D eigenvalue weighted by atomic mass is 16.4. The summed E-state index contributed by atoms with van der Waals surface area (Å²) in [5.74, 6) is 0.354. The summed E-state index contributed by atoms with van der Waals surface area (Å²) >= 11 is 0. The van der Waals surface area contributed by atoms with E-state index in [4.69, 9.17) is 0 Å². The molecule has 2 fully saturated rings. The predicted molar refractivity (Wildman–Crippen MR) is 59.6 cm³/mol. The number of hydrogen-bond acceptors (Lipinski definition) is 1. The van der Waals surface area contributed by atoms with Crippen LogP contribution in [0, 0.1) is 17.8 Å². The van der Waals surface area contributed by atoms with E-state index in [9.17, 15) is 9.90 Å². The lowest BCUT2D eigenvalue weighted by molar-refractivity contribution is -0.145. The smallest absolute Gasteiger partial charge is 0.306 e. The van der Waals surface area contributed by atoms with E-state index in [0.29, 0.717) is 11.8 Å². The number of allylic oxidation sites excluding steroid dienone is 1. The van der Waals surface area contributed by atoms with Crippen LogP contribution >= 0.6 is 0 Å². The highest BCUT2D eigenvalue weighted by Gasteiger charge is 2.37. The van der Waals surface area contributed by atoms with Crippen molar-refractivity contribution in [1.82, 2.24) is 0 Å². The van der Waals surface area contributed by atoms with Gasteiger partial charge in [0.2, 0.25) is 0 Å². The summed E-state index contributed by atoms with van der Waals surface area (Å²) in [5.41, 5.74) is 1.27. The third-order valence-corrected chi connectivity index (χ3v) is 4.17. The highest BCUT2D eigenvalue weighted by molar-refractivity contribution is 5.70. The molecule has 0 aliphatic heterocycles. The fourth-order valence-electron chi connectivity index (χ4n) is 3.34. The second-order valence-corrected chi connectivity index (χ2v) is 5.15. The fraction of sp³-hybridized carbons (Fsp3) is 0.769. The summed E-state index contributed by atoms with van der Waals surface area (Å²) in [6.45, 7) is 4.04. The maximum atomic E-state index is 11.2. The van der Waals surface area contributed by atoms with E-state index in [1.807, 2.05) is 0 Å². The lowest BCUT2D eigenvalue weighted by Crippen LogP contribution is -2.32. The summed E-state index contributed by atoms with van der Waals surface area (Å²) in [5, 5.41) is 9.23. The van der Waals surface area contributed by atoms with Crippen LogP contribution in [0.25, 0.3) is 0 Å². The number of rotatable bonds is 2. The van der Waals surface area contributed by atoms with Crippen LogP contribution in [0.15, 0.2) is 12.2 Å². The molecule has 0 saturated heterocycles. The maximum absolute atomic E-state index is 11.2. The van der Waals surface area contributed by atoms with E-state index in [2.05, 4.69) is 6.58 Å². The van der Waals surface area contributed by atoms with Gasteiger partial charge in [-0.05, 0) is 31.1 Å². The van der Waals surface area contributed by atoms with Gasteiger partial charge in [-0.3, -0.25) is 4.79 Å². The monoisotopic (exact) mass is 208 g/mol. The Balaban J connectivity index is 2.08. The van der Waals surface area contributed by atoms with E-state index in [1.165, 1.54) is 31.3 Å². The van der Waals surface area contributed by atoms with Crippen molar-refractivity contribution in [3.05, 3.63) is 12.2 Å². The van der Waals surface area contributed by atoms with E-state index in [1.54, 1.807) is 0 Å². The molecular weight excluding hydrogens is 188 g/mol. The van der Waals surface area contributed by atoms with E-state index in [-0.39, 0.29) is 5.92 Å². The second-order valence-electron chi connectivity index (χ2n) is 5.15. The van der Waals surface area contributed by atoms with Crippen molar-refractivity contribution in [3.63, 3.8) is 0 Å². The lowest BCUT2D eigenvalue weighted by atomic mass is 9.70. The standard InChI is InChI=1S/C13H20O2/c1-9-6-7-11(13(14)15)12(8-9)10-4-2-3-5-10/h10-12H,1-8H2,(H,14,15)/t11-,12?/m1/s1. The number of hydrogen-bond donors (Lipinski definition) is 1. The van der Waals surface area contributed by atoms with Crippen molar-refractivity contribution in [3.8, 4) is 0 Å².